The molecule has 8 heteroatoms. The molecule has 2 aliphatic carbocycles. The number of nitrogens with zero attached hydrogens (tertiary/aromatic N) is 3. The lowest BCUT2D eigenvalue weighted by atomic mass is 9.99. The van der Waals surface area contributed by atoms with Crippen molar-refractivity contribution in [2.24, 2.45) is 0 Å². The minimum absolute atomic E-state index is 0.145. The lowest BCUT2D eigenvalue weighted by Crippen LogP contribution is -2.51. The summed E-state index contributed by atoms with van der Waals surface area (Å²) in [5, 5.41) is 9.59. The molecular weight excluding hydrogens is 382 g/mol. The first-order chi connectivity index (χ1) is 13.5. The molecule has 1 atom stereocenters. The third-order valence-corrected chi connectivity index (χ3v) is 6.45. The van der Waals surface area contributed by atoms with Gasteiger partial charge in [0.1, 0.15) is 5.69 Å². The summed E-state index contributed by atoms with van der Waals surface area (Å²) >= 11 is 1.60. The Hall–Kier alpha value is -1.77. The number of β-amino-alcohol motifs (C(OH)–C–C–N with tert-alkyl or cyclic N) is 1. The fourth-order valence-electron chi connectivity index (χ4n) is 4.42. The van der Waals surface area contributed by atoms with Crippen molar-refractivity contribution < 1.29 is 13.9 Å². The van der Waals surface area contributed by atoms with Crippen LogP contribution < -0.4 is 9.62 Å². The van der Waals surface area contributed by atoms with Crippen molar-refractivity contribution in [1.29, 1.82) is 0 Å². The maximum Gasteiger partial charge on any atom is 0.290 e. The van der Waals surface area contributed by atoms with E-state index in [0.717, 1.165) is 18.4 Å². The summed E-state index contributed by atoms with van der Waals surface area (Å²) in [6, 6.07) is 6.46. The van der Waals surface area contributed by atoms with Gasteiger partial charge in [-0.25, -0.2) is 9.97 Å². The van der Waals surface area contributed by atoms with E-state index in [0.29, 0.717) is 30.3 Å². The smallest absolute Gasteiger partial charge is 0.290 e. The van der Waals surface area contributed by atoms with E-state index >= 15 is 0 Å². The number of halogens is 2. The lowest BCUT2D eigenvalue weighted by Gasteiger charge is -2.36. The van der Waals surface area contributed by atoms with E-state index in [4.69, 9.17) is 0 Å². The Balaban J connectivity index is 1.61. The van der Waals surface area contributed by atoms with Gasteiger partial charge in [-0.2, -0.15) is 8.78 Å². The maximum atomic E-state index is 14.5. The minimum atomic E-state index is -2.93. The van der Waals surface area contributed by atoms with Crippen molar-refractivity contribution in [2.75, 3.05) is 24.2 Å². The molecule has 3 aliphatic rings. The van der Waals surface area contributed by atoms with E-state index in [1.165, 1.54) is 11.1 Å². The fraction of sp³-hybridized carbons (Fsp3) is 0.500. The topological polar surface area (TPSA) is 61.3 Å². The number of aryl methyl sites for hydroxylation is 1. The zero-order valence-corrected chi connectivity index (χ0v) is 16.4. The highest BCUT2D eigenvalue weighted by atomic mass is 32.2. The predicted octanol–water partition coefficient (Wildman–Crippen LogP) is 3.22. The molecule has 5 nitrogen and oxygen atoms in total. The molecule has 0 bridgehead atoms. The van der Waals surface area contributed by atoms with Gasteiger partial charge in [0, 0.05) is 36.7 Å². The van der Waals surface area contributed by atoms with Crippen molar-refractivity contribution in [2.45, 2.75) is 43.8 Å². The molecule has 2 N–H and O–H groups in total. The summed E-state index contributed by atoms with van der Waals surface area (Å²) < 4.78 is 32.4. The zero-order chi connectivity index (χ0) is 19.5. The molecule has 1 aliphatic heterocycles. The molecule has 0 saturated carbocycles. The fourth-order valence-corrected chi connectivity index (χ4v) is 4.95. The van der Waals surface area contributed by atoms with Crippen molar-refractivity contribution in [3.63, 3.8) is 0 Å². The van der Waals surface area contributed by atoms with Gasteiger partial charge >= 0.3 is 0 Å². The number of hydrogen-bond donors (Lipinski definition) is 2. The van der Waals surface area contributed by atoms with Crippen LogP contribution >= 0.6 is 11.9 Å². The third-order valence-electron chi connectivity index (χ3n) is 5.93. The van der Waals surface area contributed by atoms with Crippen LogP contribution in [0.3, 0.4) is 0 Å². The lowest BCUT2D eigenvalue weighted by molar-refractivity contribution is -0.00596. The van der Waals surface area contributed by atoms with E-state index in [1.54, 1.807) is 16.8 Å². The molecule has 1 unspecified atom stereocenters. The van der Waals surface area contributed by atoms with Crippen molar-refractivity contribution >= 4 is 17.9 Å². The Kier molecular flexibility index (Phi) is 4.33. The Labute approximate surface area is 166 Å². The molecule has 148 valence electrons. The summed E-state index contributed by atoms with van der Waals surface area (Å²) in [5.41, 5.74) is 4.42. The van der Waals surface area contributed by atoms with E-state index in [-0.39, 0.29) is 24.6 Å². The summed E-state index contributed by atoms with van der Waals surface area (Å²) in [6.45, 7) is 0.765. The van der Waals surface area contributed by atoms with Crippen LogP contribution in [0.2, 0.25) is 0 Å². The van der Waals surface area contributed by atoms with Crippen LogP contribution in [-0.4, -0.2) is 40.5 Å². The highest BCUT2D eigenvalue weighted by Gasteiger charge is 2.44. The Morgan fingerprint density at radius 1 is 1.25 bits per heavy atom. The summed E-state index contributed by atoms with van der Waals surface area (Å²) in [7, 11) is 0. The van der Waals surface area contributed by atoms with Crippen LogP contribution in [0.25, 0.3) is 11.3 Å². The predicted molar refractivity (Wildman–Crippen MR) is 106 cm³/mol. The van der Waals surface area contributed by atoms with Gasteiger partial charge < -0.3 is 10.0 Å². The van der Waals surface area contributed by atoms with Gasteiger partial charge in [0.2, 0.25) is 5.95 Å². The van der Waals surface area contributed by atoms with Crippen molar-refractivity contribution in [1.82, 2.24) is 14.7 Å². The summed E-state index contributed by atoms with van der Waals surface area (Å²) in [6.07, 6.45) is 3.68. The number of hydrogen-bond acceptors (Lipinski definition) is 6. The van der Waals surface area contributed by atoms with E-state index < -0.39 is 12.0 Å². The summed E-state index contributed by atoms with van der Waals surface area (Å²) in [5.74, 6) is -2.63. The molecule has 0 spiro atoms. The summed E-state index contributed by atoms with van der Waals surface area (Å²) in [4.78, 5) is 10.6. The molecule has 5 rings (SSSR count). The number of benzene rings is 1. The van der Waals surface area contributed by atoms with E-state index in [9.17, 15) is 13.9 Å². The molecule has 1 aromatic heterocycles. The van der Waals surface area contributed by atoms with E-state index in [1.807, 2.05) is 12.3 Å². The molecule has 0 radical (unpaired) electrons. The van der Waals surface area contributed by atoms with Crippen LogP contribution in [0.4, 0.5) is 14.7 Å². The standard InChI is InChI=1S/C20H22F2N4OS/c1-28-25-16-5-4-11-2-3-12(8-15(11)16)17-14-6-7-20(21,22)18(14)24-19(23-17)26-9-13(27)10-26/h2-3,8,13,16,25,27H,4-7,9-10H2,1H3. The number of aliphatic hydroxyl groups is 1. The van der Waals surface area contributed by atoms with Crippen LogP contribution in [-0.2, 0) is 18.8 Å². The van der Waals surface area contributed by atoms with Crippen molar-refractivity contribution in [3.05, 3.63) is 40.6 Å². The van der Waals surface area contributed by atoms with Gasteiger partial charge in [0.05, 0.1) is 11.8 Å². The molecule has 0 amide bonds. The number of aliphatic hydroxyl groups excluding tert-OH is 1. The number of fused-ring (bicyclic) bond motifs is 2. The first-order valence-corrected chi connectivity index (χ1v) is 10.8. The first kappa shape index (κ1) is 18.3. The monoisotopic (exact) mass is 404 g/mol. The molecule has 1 fully saturated rings. The minimum Gasteiger partial charge on any atom is -0.389 e. The molecule has 2 heterocycles. The average Bonchev–Trinajstić information content (AvgIpc) is 3.19. The maximum absolute atomic E-state index is 14.5. The Morgan fingerprint density at radius 2 is 2.07 bits per heavy atom. The van der Waals surface area contributed by atoms with Gasteiger partial charge in [-0.05, 0) is 42.7 Å². The average molecular weight is 404 g/mol. The van der Waals surface area contributed by atoms with Gasteiger partial charge in [-0.3, -0.25) is 4.72 Å². The van der Waals surface area contributed by atoms with Gasteiger partial charge in [-0.15, -0.1) is 0 Å². The van der Waals surface area contributed by atoms with Gasteiger partial charge in [0.15, 0.2) is 0 Å². The normalized spacial score (nSPS) is 22.9. The van der Waals surface area contributed by atoms with Crippen LogP contribution in [0.5, 0.6) is 0 Å². The second-order valence-corrected chi connectivity index (χ2v) is 8.43. The second-order valence-electron chi connectivity index (χ2n) is 7.79. The molecule has 2 aromatic rings. The number of nitrogens with one attached hydrogen (secondary N) is 1. The van der Waals surface area contributed by atoms with Crippen molar-refractivity contribution in [3.8, 4) is 11.3 Å². The largest absolute Gasteiger partial charge is 0.389 e. The van der Waals surface area contributed by atoms with Crippen LogP contribution in [0, 0.1) is 0 Å². The quantitative estimate of drug-likeness (QED) is 0.763. The Morgan fingerprint density at radius 3 is 2.82 bits per heavy atom. The van der Waals surface area contributed by atoms with E-state index in [2.05, 4.69) is 26.8 Å². The van der Waals surface area contributed by atoms with Gasteiger partial charge in [0.25, 0.3) is 5.92 Å². The number of alkyl halides is 2. The SMILES string of the molecule is CSNC1CCc2ccc(-c3nc(N4CC(O)C4)nc4c3CCC4(F)F)cc21. The van der Waals surface area contributed by atoms with Crippen LogP contribution in [0.15, 0.2) is 18.2 Å². The van der Waals surface area contributed by atoms with Crippen LogP contribution in [0.1, 0.15) is 41.3 Å². The number of aromatic nitrogens is 2. The highest BCUT2D eigenvalue weighted by Crippen LogP contribution is 2.45. The Bertz CT molecular complexity index is 931. The molecular formula is C20H22F2N4OS. The first-order valence-electron chi connectivity index (χ1n) is 9.60. The zero-order valence-electron chi connectivity index (χ0n) is 15.6. The third kappa shape index (κ3) is 2.89. The molecule has 1 aromatic carbocycles. The molecule has 28 heavy (non-hydrogen) atoms. The van der Waals surface area contributed by atoms with Gasteiger partial charge in [-0.1, -0.05) is 24.1 Å². The molecule has 1 saturated heterocycles. The second kappa shape index (κ2) is 6.64. The number of anilines is 1. The number of rotatable bonds is 4. The highest BCUT2D eigenvalue weighted by molar-refractivity contribution is 7.96.